The topological polar surface area (TPSA) is 41.1 Å². The van der Waals surface area contributed by atoms with Gasteiger partial charge >= 0.3 is 6.03 Å². The Hall–Kier alpha value is -2.00. The predicted octanol–water partition coefficient (Wildman–Crippen LogP) is 4.53. The van der Waals surface area contributed by atoms with Crippen molar-refractivity contribution in [2.24, 2.45) is 0 Å². The molecule has 0 spiro atoms. The highest BCUT2D eigenvalue weighted by Crippen LogP contribution is 2.17. The van der Waals surface area contributed by atoms with E-state index in [4.69, 9.17) is 11.6 Å². The number of anilines is 1. The van der Waals surface area contributed by atoms with Crippen LogP contribution in [0.3, 0.4) is 0 Å². The van der Waals surface area contributed by atoms with E-state index in [0.717, 1.165) is 11.1 Å². The van der Waals surface area contributed by atoms with Gasteiger partial charge in [-0.2, -0.15) is 0 Å². The van der Waals surface area contributed by atoms with Gasteiger partial charge in [-0.05, 0) is 49.2 Å². The quantitative estimate of drug-likeness (QED) is 0.856. The van der Waals surface area contributed by atoms with E-state index in [-0.39, 0.29) is 12.1 Å². The molecule has 0 saturated carbocycles. The Morgan fingerprint density at radius 1 is 1.10 bits per heavy atom. The van der Waals surface area contributed by atoms with Crippen molar-refractivity contribution < 1.29 is 4.79 Å². The van der Waals surface area contributed by atoms with E-state index in [9.17, 15) is 4.79 Å². The summed E-state index contributed by atoms with van der Waals surface area (Å²) in [6, 6.07) is 14.7. The van der Waals surface area contributed by atoms with Crippen molar-refractivity contribution in [3.8, 4) is 0 Å². The van der Waals surface area contributed by atoms with Gasteiger partial charge in [-0.25, -0.2) is 4.79 Å². The van der Waals surface area contributed by atoms with Gasteiger partial charge in [0, 0.05) is 10.7 Å². The van der Waals surface area contributed by atoms with Gasteiger partial charge in [-0.3, -0.25) is 0 Å². The zero-order chi connectivity index (χ0) is 14.5. The number of hydrogen-bond donors (Lipinski definition) is 2. The maximum atomic E-state index is 11.9. The maximum Gasteiger partial charge on any atom is 0.319 e. The number of benzene rings is 2. The van der Waals surface area contributed by atoms with E-state index in [2.05, 4.69) is 10.6 Å². The second-order valence-corrected chi connectivity index (χ2v) is 5.12. The van der Waals surface area contributed by atoms with Crippen LogP contribution in [0, 0.1) is 6.92 Å². The predicted molar refractivity (Wildman–Crippen MR) is 83.2 cm³/mol. The number of hydrogen-bond acceptors (Lipinski definition) is 1. The average molecular weight is 289 g/mol. The van der Waals surface area contributed by atoms with Gasteiger partial charge < -0.3 is 10.6 Å². The Morgan fingerprint density at radius 2 is 1.75 bits per heavy atom. The van der Waals surface area contributed by atoms with Crippen LogP contribution in [0.15, 0.2) is 48.5 Å². The van der Waals surface area contributed by atoms with Gasteiger partial charge in [-0.1, -0.05) is 35.9 Å². The first-order valence-electron chi connectivity index (χ1n) is 6.45. The van der Waals surface area contributed by atoms with Gasteiger partial charge in [0.15, 0.2) is 0 Å². The van der Waals surface area contributed by atoms with Gasteiger partial charge in [0.05, 0.1) is 6.04 Å². The Kier molecular flexibility index (Phi) is 4.64. The fourth-order valence-electron chi connectivity index (χ4n) is 2.05. The van der Waals surface area contributed by atoms with Gasteiger partial charge in [-0.15, -0.1) is 0 Å². The summed E-state index contributed by atoms with van der Waals surface area (Å²) in [4.78, 5) is 11.9. The monoisotopic (exact) mass is 288 g/mol. The molecule has 2 amide bonds. The molecular weight excluding hydrogens is 272 g/mol. The summed E-state index contributed by atoms with van der Waals surface area (Å²) in [5.74, 6) is 0. The van der Waals surface area contributed by atoms with Crippen LogP contribution in [-0.2, 0) is 0 Å². The van der Waals surface area contributed by atoms with Crippen molar-refractivity contribution in [1.29, 1.82) is 0 Å². The molecule has 0 saturated heterocycles. The van der Waals surface area contributed by atoms with Crippen LogP contribution in [0.4, 0.5) is 10.5 Å². The van der Waals surface area contributed by atoms with Gasteiger partial charge in [0.25, 0.3) is 0 Å². The summed E-state index contributed by atoms with van der Waals surface area (Å²) < 4.78 is 0. The zero-order valence-corrected chi connectivity index (χ0v) is 12.2. The summed E-state index contributed by atoms with van der Waals surface area (Å²) >= 11 is 5.80. The molecule has 0 bridgehead atoms. The fourth-order valence-corrected chi connectivity index (χ4v) is 2.17. The van der Waals surface area contributed by atoms with E-state index >= 15 is 0 Å². The second-order valence-electron chi connectivity index (χ2n) is 4.68. The first-order valence-corrected chi connectivity index (χ1v) is 6.82. The molecule has 0 heterocycles. The number of rotatable bonds is 3. The number of carbonyl (C=O) groups excluding carboxylic acids is 1. The molecule has 2 aromatic rings. The molecule has 0 aromatic heterocycles. The van der Waals surface area contributed by atoms with Crippen LogP contribution < -0.4 is 10.6 Å². The third kappa shape index (κ3) is 3.75. The summed E-state index contributed by atoms with van der Waals surface area (Å²) in [6.07, 6.45) is 0. The van der Waals surface area contributed by atoms with Gasteiger partial charge in [0.1, 0.15) is 0 Å². The van der Waals surface area contributed by atoms with E-state index in [1.807, 2.05) is 38.1 Å². The molecule has 2 aromatic carbocycles. The van der Waals surface area contributed by atoms with Crippen molar-refractivity contribution in [3.63, 3.8) is 0 Å². The molecule has 0 aliphatic carbocycles. The number of nitrogens with one attached hydrogen (secondary N) is 2. The third-order valence-electron chi connectivity index (χ3n) is 3.10. The molecule has 1 unspecified atom stereocenters. The van der Waals surface area contributed by atoms with Crippen LogP contribution in [0.5, 0.6) is 0 Å². The molecular formula is C16H17ClN2O. The third-order valence-corrected chi connectivity index (χ3v) is 3.36. The Bertz CT molecular complexity index is 596. The zero-order valence-electron chi connectivity index (χ0n) is 11.5. The molecule has 0 aliphatic rings. The largest absolute Gasteiger partial charge is 0.331 e. The molecule has 2 N–H and O–H groups in total. The van der Waals surface area contributed by atoms with E-state index in [0.29, 0.717) is 10.7 Å². The van der Waals surface area contributed by atoms with Gasteiger partial charge in [0.2, 0.25) is 0 Å². The number of amides is 2. The second kappa shape index (κ2) is 6.44. The lowest BCUT2D eigenvalue weighted by atomic mass is 10.0. The highest BCUT2D eigenvalue weighted by molar-refractivity contribution is 6.30. The molecule has 0 fully saturated rings. The highest BCUT2D eigenvalue weighted by atomic mass is 35.5. The average Bonchev–Trinajstić information content (AvgIpc) is 2.41. The van der Waals surface area contributed by atoms with Crippen LogP contribution in [0.2, 0.25) is 5.02 Å². The normalized spacial score (nSPS) is 11.8. The van der Waals surface area contributed by atoms with Crippen LogP contribution in [0.25, 0.3) is 0 Å². The summed E-state index contributed by atoms with van der Waals surface area (Å²) in [5.41, 5.74) is 2.98. The van der Waals surface area contributed by atoms with E-state index < -0.39 is 0 Å². The van der Waals surface area contributed by atoms with Crippen LogP contribution in [-0.4, -0.2) is 6.03 Å². The molecule has 2 rings (SSSR count). The van der Waals surface area contributed by atoms with Crippen molar-refractivity contribution in [2.45, 2.75) is 19.9 Å². The number of halogens is 1. The standard InChI is InChI=1S/C16H17ClN2O/c1-11-5-3-4-6-15(11)12(2)18-16(20)19-14-9-7-13(17)8-10-14/h3-10,12H,1-2H3,(H2,18,19,20). The number of urea groups is 1. The molecule has 20 heavy (non-hydrogen) atoms. The minimum absolute atomic E-state index is 0.0523. The molecule has 0 aliphatic heterocycles. The summed E-state index contributed by atoms with van der Waals surface area (Å²) in [6.45, 7) is 3.99. The van der Waals surface area contributed by atoms with E-state index in [1.165, 1.54) is 0 Å². The minimum atomic E-state index is -0.233. The Morgan fingerprint density at radius 3 is 2.40 bits per heavy atom. The molecule has 4 heteroatoms. The van der Waals surface area contributed by atoms with Crippen LogP contribution >= 0.6 is 11.6 Å². The molecule has 3 nitrogen and oxygen atoms in total. The first kappa shape index (κ1) is 14.4. The van der Waals surface area contributed by atoms with Crippen molar-refractivity contribution in [3.05, 3.63) is 64.7 Å². The van der Waals surface area contributed by atoms with Crippen molar-refractivity contribution in [2.75, 3.05) is 5.32 Å². The van der Waals surface area contributed by atoms with Crippen LogP contribution in [0.1, 0.15) is 24.1 Å². The lowest BCUT2D eigenvalue weighted by Crippen LogP contribution is -2.31. The SMILES string of the molecule is Cc1ccccc1C(C)NC(=O)Nc1ccc(Cl)cc1. The Balaban J connectivity index is 1.98. The first-order chi connectivity index (χ1) is 9.56. The Labute approximate surface area is 124 Å². The smallest absolute Gasteiger partial charge is 0.319 e. The van der Waals surface area contributed by atoms with Crippen molar-refractivity contribution >= 4 is 23.3 Å². The van der Waals surface area contributed by atoms with E-state index in [1.54, 1.807) is 24.3 Å². The summed E-state index contributed by atoms with van der Waals surface area (Å²) in [7, 11) is 0. The fraction of sp³-hybridized carbons (Fsp3) is 0.188. The molecule has 1 atom stereocenters. The maximum absolute atomic E-state index is 11.9. The lowest BCUT2D eigenvalue weighted by Gasteiger charge is -2.17. The summed E-state index contributed by atoms with van der Waals surface area (Å²) in [5, 5.41) is 6.34. The lowest BCUT2D eigenvalue weighted by molar-refractivity contribution is 0.249. The molecule has 0 radical (unpaired) electrons. The minimum Gasteiger partial charge on any atom is -0.331 e. The van der Waals surface area contributed by atoms with Crippen molar-refractivity contribution in [1.82, 2.24) is 5.32 Å². The highest BCUT2D eigenvalue weighted by Gasteiger charge is 2.11. The number of aryl methyl sites for hydroxylation is 1. The number of carbonyl (C=O) groups is 1. The molecule has 104 valence electrons.